The third-order valence-electron chi connectivity index (χ3n) is 4.33. The molecular weight excluding hydrogens is 364 g/mol. The van der Waals surface area contributed by atoms with Gasteiger partial charge in [0, 0.05) is 17.5 Å². The first-order valence-electron chi connectivity index (χ1n) is 9.60. The highest BCUT2D eigenvalue weighted by Gasteiger charge is 2.10. The lowest BCUT2D eigenvalue weighted by atomic mass is 10.2. The van der Waals surface area contributed by atoms with Gasteiger partial charge in [-0.3, -0.25) is 10.1 Å². The lowest BCUT2D eigenvalue weighted by Gasteiger charge is -2.14. The minimum absolute atomic E-state index is 0.328. The van der Waals surface area contributed by atoms with Gasteiger partial charge >= 0.3 is 0 Å². The van der Waals surface area contributed by atoms with E-state index < -0.39 is 0 Å². The first-order valence-corrected chi connectivity index (χ1v) is 9.60. The summed E-state index contributed by atoms with van der Waals surface area (Å²) in [5.41, 5.74) is 2.22. The lowest BCUT2D eigenvalue weighted by molar-refractivity contribution is 0.100. The van der Waals surface area contributed by atoms with E-state index >= 15 is 0 Å². The van der Waals surface area contributed by atoms with E-state index in [0.29, 0.717) is 24.0 Å². The number of carbonyl (C=O) groups excluding carboxylic acids is 1. The van der Waals surface area contributed by atoms with Gasteiger partial charge < -0.3 is 10.2 Å². The number of para-hydroxylation sites is 1. The Hall–Kier alpha value is -3.32. The molecule has 0 aliphatic heterocycles. The summed E-state index contributed by atoms with van der Waals surface area (Å²) in [5, 5.41) is 7.28. The average molecular weight is 390 g/mol. The molecule has 0 unspecified atom stereocenters. The number of hydrogen-bond acceptors (Lipinski definition) is 4. The van der Waals surface area contributed by atoms with E-state index in [1.165, 1.54) is 0 Å². The molecule has 1 aromatic heterocycles. The third kappa shape index (κ3) is 5.83. The summed E-state index contributed by atoms with van der Waals surface area (Å²) >= 11 is 0. The Kier molecular flexibility index (Phi) is 6.86. The molecule has 7 heteroatoms. The van der Waals surface area contributed by atoms with Gasteiger partial charge in [-0.1, -0.05) is 36.4 Å². The fraction of sp³-hybridized carbons (Fsp3) is 0.273. The molecule has 0 spiro atoms. The van der Waals surface area contributed by atoms with Gasteiger partial charge in [0.15, 0.2) is 0 Å². The molecule has 3 aromatic rings. The van der Waals surface area contributed by atoms with E-state index in [1.54, 1.807) is 12.1 Å². The molecule has 0 bridgehead atoms. The number of carbonyl (C=O) groups is 1. The van der Waals surface area contributed by atoms with E-state index in [9.17, 15) is 4.79 Å². The Morgan fingerprint density at radius 2 is 1.76 bits per heavy atom. The summed E-state index contributed by atoms with van der Waals surface area (Å²) < 4.78 is 0. The van der Waals surface area contributed by atoms with Crippen molar-refractivity contribution in [3.63, 3.8) is 0 Å². The second kappa shape index (κ2) is 9.75. The number of aryl methyl sites for hydroxylation is 1. The molecule has 2 aromatic carbocycles. The molecule has 7 nitrogen and oxygen atoms in total. The Morgan fingerprint density at radius 1 is 1.03 bits per heavy atom. The van der Waals surface area contributed by atoms with Crippen LogP contribution in [0.25, 0.3) is 10.9 Å². The van der Waals surface area contributed by atoms with Crippen molar-refractivity contribution in [3.8, 4) is 0 Å². The Morgan fingerprint density at radius 3 is 2.52 bits per heavy atom. The van der Waals surface area contributed by atoms with Crippen molar-refractivity contribution in [1.82, 2.24) is 20.2 Å². The van der Waals surface area contributed by atoms with Crippen LogP contribution in [-0.2, 0) is 0 Å². The van der Waals surface area contributed by atoms with Crippen molar-refractivity contribution in [3.05, 3.63) is 65.9 Å². The molecule has 0 fully saturated rings. The number of amides is 1. The summed E-state index contributed by atoms with van der Waals surface area (Å²) in [7, 11) is 4.05. The number of benzene rings is 2. The zero-order valence-corrected chi connectivity index (χ0v) is 17.0. The van der Waals surface area contributed by atoms with Crippen LogP contribution in [0.15, 0.2) is 59.6 Å². The lowest BCUT2D eigenvalue weighted by Crippen LogP contribution is -2.34. The molecule has 2 N–H and O–H groups in total. The highest BCUT2D eigenvalue weighted by molar-refractivity contribution is 6.06. The van der Waals surface area contributed by atoms with Crippen LogP contribution in [0.1, 0.15) is 22.5 Å². The van der Waals surface area contributed by atoms with Crippen molar-refractivity contribution >= 4 is 28.7 Å². The SMILES string of the molecule is Cc1nc(N/C(=N/C(=O)c2ccccc2)NCCCN(C)C)nc2ccccc12. The molecule has 29 heavy (non-hydrogen) atoms. The van der Waals surface area contributed by atoms with Crippen LogP contribution in [0.5, 0.6) is 0 Å². The molecular formula is C22H26N6O. The Balaban J connectivity index is 1.82. The summed E-state index contributed by atoms with van der Waals surface area (Å²) in [4.78, 5) is 28.0. The quantitative estimate of drug-likeness (QED) is 0.382. The highest BCUT2D eigenvalue weighted by Crippen LogP contribution is 2.16. The smallest absolute Gasteiger partial charge is 0.280 e. The minimum Gasteiger partial charge on any atom is -0.356 e. The van der Waals surface area contributed by atoms with E-state index in [4.69, 9.17) is 0 Å². The van der Waals surface area contributed by atoms with Gasteiger partial charge in [0.1, 0.15) is 0 Å². The fourth-order valence-corrected chi connectivity index (χ4v) is 2.86. The van der Waals surface area contributed by atoms with Crippen LogP contribution in [-0.4, -0.2) is 53.9 Å². The molecule has 150 valence electrons. The van der Waals surface area contributed by atoms with Crippen molar-refractivity contribution in [2.45, 2.75) is 13.3 Å². The van der Waals surface area contributed by atoms with Crippen molar-refractivity contribution in [1.29, 1.82) is 0 Å². The fourth-order valence-electron chi connectivity index (χ4n) is 2.86. The van der Waals surface area contributed by atoms with Crippen molar-refractivity contribution < 1.29 is 4.79 Å². The Bertz CT molecular complexity index is 1000. The molecule has 0 atom stereocenters. The standard InChI is InChI=1S/C22H26N6O/c1-16-18-12-7-8-13-19(18)25-22(24-16)27-21(23-14-9-15-28(2)3)26-20(29)17-10-5-4-6-11-17/h4-8,10-13H,9,14-15H2,1-3H3,(H2,23,24,25,26,27,29). The summed E-state index contributed by atoms with van der Waals surface area (Å²) in [6.07, 6.45) is 0.908. The number of aliphatic imine (C=N–C) groups is 1. The molecule has 0 saturated heterocycles. The predicted molar refractivity (Wildman–Crippen MR) is 117 cm³/mol. The maximum absolute atomic E-state index is 12.5. The van der Waals surface area contributed by atoms with Crippen LogP contribution in [0, 0.1) is 6.92 Å². The van der Waals surface area contributed by atoms with Crippen molar-refractivity contribution in [2.75, 3.05) is 32.5 Å². The number of nitrogens with zero attached hydrogens (tertiary/aromatic N) is 4. The zero-order chi connectivity index (χ0) is 20.6. The van der Waals surface area contributed by atoms with Crippen molar-refractivity contribution in [2.24, 2.45) is 4.99 Å². The van der Waals surface area contributed by atoms with E-state index in [2.05, 4.69) is 30.5 Å². The molecule has 0 saturated carbocycles. The second-order valence-corrected chi connectivity index (χ2v) is 6.99. The van der Waals surface area contributed by atoms with Crippen LogP contribution < -0.4 is 10.6 Å². The number of fused-ring (bicyclic) bond motifs is 1. The number of nitrogens with one attached hydrogen (secondary N) is 2. The minimum atomic E-state index is -0.328. The van der Waals surface area contributed by atoms with E-state index in [-0.39, 0.29) is 5.91 Å². The maximum atomic E-state index is 12.5. The predicted octanol–water partition coefficient (Wildman–Crippen LogP) is 3.09. The second-order valence-electron chi connectivity index (χ2n) is 6.99. The molecule has 0 aliphatic carbocycles. The van der Waals surface area contributed by atoms with Crippen LogP contribution in [0.4, 0.5) is 5.95 Å². The third-order valence-corrected chi connectivity index (χ3v) is 4.33. The number of hydrogen-bond donors (Lipinski definition) is 2. The molecule has 0 radical (unpaired) electrons. The molecule has 0 aliphatic rings. The average Bonchev–Trinajstić information content (AvgIpc) is 2.71. The van der Waals surface area contributed by atoms with Gasteiger partial charge in [-0.05, 0) is 52.2 Å². The van der Waals surface area contributed by atoms with Gasteiger partial charge in [0.25, 0.3) is 5.91 Å². The largest absolute Gasteiger partial charge is 0.356 e. The van der Waals surface area contributed by atoms with Gasteiger partial charge in [0.2, 0.25) is 11.9 Å². The van der Waals surface area contributed by atoms with Gasteiger partial charge in [-0.15, -0.1) is 0 Å². The normalized spacial score (nSPS) is 11.7. The van der Waals surface area contributed by atoms with Crippen LogP contribution in [0.3, 0.4) is 0 Å². The number of guanidine groups is 1. The van der Waals surface area contributed by atoms with Gasteiger partial charge in [-0.2, -0.15) is 4.99 Å². The van der Waals surface area contributed by atoms with Crippen LogP contribution >= 0.6 is 0 Å². The number of rotatable bonds is 6. The molecule has 3 rings (SSSR count). The van der Waals surface area contributed by atoms with Gasteiger partial charge in [-0.25, -0.2) is 9.97 Å². The summed E-state index contributed by atoms with van der Waals surface area (Å²) in [5.74, 6) is 0.416. The monoisotopic (exact) mass is 390 g/mol. The summed E-state index contributed by atoms with van der Waals surface area (Å²) in [6.45, 7) is 3.53. The number of aromatic nitrogens is 2. The highest BCUT2D eigenvalue weighted by atomic mass is 16.1. The topological polar surface area (TPSA) is 82.5 Å². The summed E-state index contributed by atoms with van der Waals surface area (Å²) in [6, 6.07) is 16.8. The zero-order valence-electron chi connectivity index (χ0n) is 17.0. The van der Waals surface area contributed by atoms with E-state index in [1.807, 2.05) is 63.5 Å². The first-order chi connectivity index (χ1) is 14.0. The number of anilines is 1. The van der Waals surface area contributed by atoms with Crippen LogP contribution in [0.2, 0.25) is 0 Å². The first kappa shape index (κ1) is 20.4. The Labute approximate surface area is 170 Å². The van der Waals surface area contributed by atoms with Gasteiger partial charge in [0.05, 0.1) is 11.2 Å². The molecule has 1 amide bonds. The van der Waals surface area contributed by atoms with E-state index in [0.717, 1.165) is 29.6 Å². The maximum Gasteiger partial charge on any atom is 0.280 e. The molecule has 1 heterocycles.